The van der Waals surface area contributed by atoms with Gasteiger partial charge in [0.05, 0.1) is 19.1 Å². The summed E-state index contributed by atoms with van der Waals surface area (Å²) in [6.07, 6.45) is 20.8. The molecule has 2 rings (SSSR count). The molecule has 2 aliphatic rings. The maximum absolute atomic E-state index is 12.6. The Hall–Kier alpha value is -1.46. The number of carboxylic acids is 1. The van der Waals surface area contributed by atoms with Crippen molar-refractivity contribution in [1.82, 2.24) is 0 Å². The summed E-state index contributed by atoms with van der Waals surface area (Å²) in [5, 5.41) is 80.6. The van der Waals surface area contributed by atoms with E-state index in [0.29, 0.717) is 6.42 Å². The van der Waals surface area contributed by atoms with E-state index < -0.39 is 86.6 Å². The number of aliphatic hydroxyl groups excluding tert-OH is 7. The molecule has 354 valence electrons. The quantitative estimate of drug-likeness (QED) is 0.0242. The Kier molecular flexibility index (Phi) is 30.2. The molecule has 0 aliphatic carbocycles. The zero-order valence-electron chi connectivity index (χ0n) is 37.1. The summed E-state index contributed by atoms with van der Waals surface area (Å²) in [7, 11) is 0. The van der Waals surface area contributed by atoms with Crippen LogP contribution < -0.4 is 0 Å². The van der Waals surface area contributed by atoms with E-state index in [2.05, 4.69) is 6.92 Å². The number of aliphatic hydroxyl groups is 7. The van der Waals surface area contributed by atoms with Gasteiger partial charge in [-0.2, -0.15) is 0 Å². The molecule has 0 saturated carbocycles. The Morgan fingerprint density at radius 3 is 1.37 bits per heavy atom. The van der Waals surface area contributed by atoms with E-state index in [-0.39, 0.29) is 12.3 Å². The van der Waals surface area contributed by atoms with Crippen LogP contribution >= 0.6 is 0 Å². The van der Waals surface area contributed by atoms with Gasteiger partial charge in [0.15, 0.2) is 6.29 Å². The lowest BCUT2D eigenvalue weighted by atomic mass is 9.94. The predicted molar refractivity (Wildman–Crippen MR) is 228 cm³/mol. The highest BCUT2D eigenvalue weighted by molar-refractivity contribution is 5.70. The third-order valence-electron chi connectivity index (χ3n) is 12.5. The molecule has 0 spiro atoms. The summed E-state index contributed by atoms with van der Waals surface area (Å²) in [6, 6.07) is 0. The van der Waals surface area contributed by atoms with Gasteiger partial charge in [0, 0.05) is 6.42 Å². The third kappa shape index (κ3) is 21.3. The van der Waals surface area contributed by atoms with Gasteiger partial charge in [0.2, 0.25) is 5.79 Å². The second-order valence-corrected chi connectivity index (χ2v) is 17.6. The Balaban J connectivity index is 1.46. The fourth-order valence-electron chi connectivity index (χ4n) is 8.45. The van der Waals surface area contributed by atoms with Crippen LogP contribution in [-0.4, -0.2) is 127 Å². The van der Waals surface area contributed by atoms with Crippen molar-refractivity contribution in [2.75, 3.05) is 19.8 Å². The van der Waals surface area contributed by atoms with E-state index in [4.69, 9.17) is 18.9 Å². The number of carboxylic acid groups (broad SMARTS) is 1. The van der Waals surface area contributed by atoms with Gasteiger partial charge in [0.25, 0.3) is 0 Å². The fraction of sp³-hybridized carbons (Fsp3) is 0.957. The molecule has 14 nitrogen and oxygen atoms in total. The van der Waals surface area contributed by atoms with Gasteiger partial charge in [-0.1, -0.05) is 174 Å². The van der Waals surface area contributed by atoms with Crippen molar-refractivity contribution in [2.24, 2.45) is 5.92 Å². The summed E-state index contributed by atoms with van der Waals surface area (Å²) in [5.74, 6) is -3.69. The average Bonchev–Trinajstić information content (AvgIpc) is 3.48. The normalized spacial score (nSPS) is 27.3. The number of esters is 1. The number of hydrogen-bond acceptors (Lipinski definition) is 13. The minimum Gasteiger partial charge on any atom is -0.481 e. The smallest absolute Gasteiger partial charge is 0.306 e. The molecule has 0 bridgehead atoms. The minimum atomic E-state index is -2.27. The minimum absolute atomic E-state index is 0.0919. The number of rotatable bonds is 38. The molecular weight excluding hydrogens is 776 g/mol. The molecule has 2 saturated heterocycles. The van der Waals surface area contributed by atoms with Crippen LogP contribution in [-0.2, 0) is 28.5 Å². The topological polar surface area (TPSA) is 233 Å². The molecule has 10 atom stereocenters. The number of unbranched alkanes of at least 4 members (excludes halogenated alkanes) is 25. The zero-order valence-corrected chi connectivity index (χ0v) is 37.1. The van der Waals surface area contributed by atoms with Gasteiger partial charge in [0.1, 0.15) is 49.3 Å². The van der Waals surface area contributed by atoms with Crippen LogP contribution in [0.25, 0.3) is 0 Å². The molecule has 2 heterocycles. The molecule has 8 N–H and O–H groups in total. The maximum Gasteiger partial charge on any atom is 0.306 e. The molecular formula is C46H86O14. The van der Waals surface area contributed by atoms with Crippen molar-refractivity contribution in [2.45, 2.75) is 254 Å². The van der Waals surface area contributed by atoms with Crippen molar-refractivity contribution in [3.63, 3.8) is 0 Å². The number of hydrogen-bond donors (Lipinski definition) is 8. The van der Waals surface area contributed by atoms with Crippen LogP contribution in [0.5, 0.6) is 0 Å². The highest BCUT2D eigenvalue weighted by Crippen LogP contribution is 2.37. The lowest BCUT2D eigenvalue weighted by molar-refractivity contribution is -0.383. The van der Waals surface area contributed by atoms with Gasteiger partial charge < -0.3 is 59.8 Å². The summed E-state index contributed by atoms with van der Waals surface area (Å²) < 4.78 is 21.9. The van der Waals surface area contributed by atoms with E-state index in [1.54, 1.807) is 0 Å². The SMILES string of the molecule is CCCCCCCCCCCCCCCCC(CCCCCCCCCCCCCCCC(=O)OC[C@@]1(O[C@H]2O[C@H](CO)[C@@H](O)[C@H](O)[C@H]2O)O[C@H](CO)[C@@H](O)[C@@H]1O)C(=O)O. The molecule has 2 fully saturated rings. The first-order chi connectivity index (χ1) is 29.0. The molecule has 0 aromatic rings. The Morgan fingerprint density at radius 2 is 0.967 bits per heavy atom. The van der Waals surface area contributed by atoms with Crippen LogP contribution in [0.15, 0.2) is 0 Å². The Morgan fingerprint density at radius 1 is 0.550 bits per heavy atom. The number of ether oxygens (including phenoxy) is 4. The van der Waals surface area contributed by atoms with Crippen LogP contribution in [0.1, 0.15) is 200 Å². The first-order valence-electron chi connectivity index (χ1n) is 24.0. The van der Waals surface area contributed by atoms with Gasteiger partial charge in [-0.3, -0.25) is 9.59 Å². The highest BCUT2D eigenvalue weighted by atomic mass is 16.8. The van der Waals surface area contributed by atoms with E-state index in [9.17, 15) is 50.4 Å². The number of aliphatic carboxylic acids is 1. The number of carbonyl (C=O) groups excluding carboxylic acids is 1. The van der Waals surface area contributed by atoms with Crippen LogP contribution in [0.2, 0.25) is 0 Å². The first kappa shape index (κ1) is 54.7. The maximum atomic E-state index is 12.6. The number of carbonyl (C=O) groups is 2. The summed E-state index contributed by atoms with van der Waals surface area (Å²) >= 11 is 0. The fourth-order valence-corrected chi connectivity index (χ4v) is 8.45. The van der Waals surface area contributed by atoms with Crippen LogP contribution in [0.3, 0.4) is 0 Å². The van der Waals surface area contributed by atoms with Gasteiger partial charge in [-0.25, -0.2) is 0 Å². The van der Waals surface area contributed by atoms with Gasteiger partial charge >= 0.3 is 11.9 Å². The van der Waals surface area contributed by atoms with E-state index in [0.717, 1.165) is 64.2 Å². The second kappa shape index (κ2) is 33.1. The van der Waals surface area contributed by atoms with Crippen LogP contribution in [0.4, 0.5) is 0 Å². The predicted octanol–water partition coefficient (Wildman–Crippen LogP) is 6.58. The second-order valence-electron chi connectivity index (χ2n) is 17.6. The molecule has 60 heavy (non-hydrogen) atoms. The molecule has 2 aliphatic heterocycles. The average molecular weight is 863 g/mol. The van der Waals surface area contributed by atoms with Crippen molar-refractivity contribution in [3.05, 3.63) is 0 Å². The largest absolute Gasteiger partial charge is 0.481 e. The molecule has 1 unspecified atom stereocenters. The standard InChI is InChI=1S/C46H86O14/c1-2-3-4-5-6-7-8-9-11-14-17-20-23-26-29-35(44(55)56)30-27-24-21-18-15-12-10-13-16-19-22-25-28-31-38(49)57-34-46(43(54)40(51)37(33-48)59-46)60-45-42(53)41(52)39(50)36(32-47)58-45/h35-37,39-43,45,47-48,50-54H,2-34H2,1H3,(H,55,56)/t35?,36-,37-,39-,40-,41+,42-,43+,45-,46+/m1/s1. The van der Waals surface area contributed by atoms with E-state index in [1.165, 1.54) is 116 Å². The van der Waals surface area contributed by atoms with Gasteiger partial charge in [-0.15, -0.1) is 0 Å². The summed E-state index contributed by atoms with van der Waals surface area (Å²) in [4.78, 5) is 24.4. The monoisotopic (exact) mass is 863 g/mol. The molecule has 0 aromatic heterocycles. The molecule has 0 aromatic carbocycles. The lowest BCUT2D eigenvalue weighted by Gasteiger charge is -2.43. The van der Waals surface area contributed by atoms with Gasteiger partial charge in [-0.05, 0) is 19.3 Å². The van der Waals surface area contributed by atoms with Crippen molar-refractivity contribution in [1.29, 1.82) is 0 Å². The first-order valence-corrected chi connectivity index (χ1v) is 24.0. The lowest BCUT2D eigenvalue weighted by Crippen LogP contribution is -2.62. The Labute approximate surface area is 360 Å². The third-order valence-corrected chi connectivity index (χ3v) is 12.5. The summed E-state index contributed by atoms with van der Waals surface area (Å²) in [5.41, 5.74) is 0. The Bertz CT molecular complexity index is 1080. The van der Waals surface area contributed by atoms with Crippen molar-refractivity contribution in [3.8, 4) is 0 Å². The van der Waals surface area contributed by atoms with Crippen molar-refractivity contribution >= 4 is 11.9 Å². The molecule has 14 heteroatoms. The molecule has 0 radical (unpaired) electrons. The van der Waals surface area contributed by atoms with Crippen molar-refractivity contribution < 1.29 is 69.4 Å². The van der Waals surface area contributed by atoms with Crippen LogP contribution in [0, 0.1) is 5.92 Å². The van der Waals surface area contributed by atoms with E-state index in [1.807, 2.05) is 0 Å². The summed E-state index contributed by atoms with van der Waals surface area (Å²) in [6.45, 7) is 0.112. The highest BCUT2D eigenvalue weighted by Gasteiger charge is 2.59. The van der Waals surface area contributed by atoms with E-state index >= 15 is 0 Å². The molecule has 0 amide bonds. The zero-order chi connectivity index (χ0) is 44.0.